The highest BCUT2D eigenvalue weighted by Crippen LogP contribution is 2.54. The molecular weight excluding hydrogens is 468 g/mol. The second-order valence-electron chi connectivity index (χ2n) is 10.9. The Morgan fingerprint density at radius 1 is 0.622 bits per heavy atom. The average Bonchev–Trinajstić information content (AvgIpc) is 3.23. The number of carbonyl (C=O) groups is 4. The molecule has 2 unspecified atom stereocenters. The summed E-state index contributed by atoms with van der Waals surface area (Å²) in [7, 11) is 0. The number of carbonyl (C=O) groups excluding carboxylic acids is 4. The number of rotatable bonds is 2. The first-order valence-electron chi connectivity index (χ1n) is 13.3. The van der Waals surface area contributed by atoms with Gasteiger partial charge in [0.05, 0.1) is 23.2 Å². The maximum atomic E-state index is 14.3. The Kier molecular flexibility index (Phi) is 5.23. The largest absolute Gasteiger partial charge is 0.398 e. The summed E-state index contributed by atoms with van der Waals surface area (Å²) in [5.74, 6) is -4.07. The third kappa shape index (κ3) is 2.95. The number of nitrogens with two attached hydrogens (primary N) is 2. The number of imide groups is 2. The van der Waals surface area contributed by atoms with Crippen LogP contribution in [0.25, 0.3) is 0 Å². The molecule has 2 aromatic carbocycles. The fourth-order valence-electron chi connectivity index (χ4n) is 7.18. The predicted molar refractivity (Wildman–Crippen MR) is 141 cm³/mol. The van der Waals surface area contributed by atoms with E-state index in [-0.39, 0.29) is 0 Å². The van der Waals surface area contributed by atoms with Crippen LogP contribution < -0.4 is 21.3 Å². The van der Waals surface area contributed by atoms with Crippen LogP contribution in [0.15, 0.2) is 24.3 Å². The first kappa shape index (κ1) is 23.7. The molecule has 2 aliphatic carbocycles. The molecule has 37 heavy (non-hydrogen) atoms. The van der Waals surface area contributed by atoms with Gasteiger partial charge in [-0.2, -0.15) is 0 Å². The molecule has 0 aromatic heterocycles. The van der Waals surface area contributed by atoms with Gasteiger partial charge in [0.2, 0.25) is 11.8 Å². The van der Waals surface area contributed by atoms with E-state index in [0.29, 0.717) is 35.6 Å². The van der Waals surface area contributed by atoms with Gasteiger partial charge in [-0.25, -0.2) is 9.80 Å². The second kappa shape index (κ2) is 8.16. The van der Waals surface area contributed by atoms with Crippen molar-refractivity contribution in [1.29, 1.82) is 0 Å². The summed E-state index contributed by atoms with van der Waals surface area (Å²) in [4.78, 5) is 58.3. The molecule has 2 saturated heterocycles. The third-order valence-corrected chi connectivity index (χ3v) is 9.24. The Labute approximate surface area is 216 Å². The minimum atomic E-state index is -1.78. The van der Waals surface area contributed by atoms with Crippen molar-refractivity contribution in [2.75, 3.05) is 21.3 Å². The van der Waals surface area contributed by atoms with Crippen LogP contribution in [0.5, 0.6) is 0 Å². The molecule has 4 amide bonds. The average molecular weight is 501 g/mol. The predicted octanol–water partition coefficient (Wildman–Crippen LogP) is 3.31. The van der Waals surface area contributed by atoms with Gasteiger partial charge in [-0.05, 0) is 97.9 Å². The van der Waals surface area contributed by atoms with Crippen LogP contribution in [-0.2, 0) is 44.9 Å². The summed E-state index contributed by atoms with van der Waals surface area (Å²) >= 11 is 0. The zero-order valence-corrected chi connectivity index (χ0v) is 21.3. The Balaban J connectivity index is 1.47. The van der Waals surface area contributed by atoms with Crippen molar-refractivity contribution in [2.24, 2.45) is 17.3 Å². The number of amides is 4. The van der Waals surface area contributed by atoms with E-state index in [2.05, 4.69) is 0 Å². The Hall–Kier alpha value is -3.68. The SMILES string of the molecule is CC1C(=O)N(c2ccc(N)c3c2CCCC3)C(=O)C12C(=O)N(c1ccc(N)c3c1CCCC3)C(=O)[C@@H]2C. The first-order valence-corrected chi connectivity index (χ1v) is 13.3. The Morgan fingerprint density at radius 3 is 1.35 bits per heavy atom. The molecule has 2 fully saturated rings. The van der Waals surface area contributed by atoms with Gasteiger partial charge >= 0.3 is 0 Å². The van der Waals surface area contributed by atoms with E-state index >= 15 is 0 Å². The highest BCUT2D eigenvalue weighted by Gasteiger charge is 2.72. The molecular formula is C29H32N4O4. The number of hydrogen-bond donors (Lipinski definition) is 2. The van der Waals surface area contributed by atoms with Gasteiger partial charge in [0.1, 0.15) is 0 Å². The Morgan fingerprint density at radius 2 is 0.973 bits per heavy atom. The molecule has 3 atom stereocenters. The summed E-state index contributed by atoms with van der Waals surface area (Å²) in [6.07, 6.45) is 6.85. The molecule has 2 heterocycles. The van der Waals surface area contributed by atoms with Crippen molar-refractivity contribution in [1.82, 2.24) is 0 Å². The molecule has 192 valence electrons. The van der Waals surface area contributed by atoms with Crippen molar-refractivity contribution in [3.8, 4) is 0 Å². The summed E-state index contributed by atoms with van der Waals surface area (Å²) in [5.41, 5.74) is 16.7. The molecule has 0 saturated carbocycles. The molecule has 8 heteroatoms. The third-order valence-electron chi connectivity index (χ3n) is 9.24. The number of fused-ring (bicyclic) bond motifs is 2. The van der Waals surface area contributed by atoms with Gasteiger partial charge in [0, 0.05) is 11.4 Å². The quantitative estimate of drug-likeness (QED) is 0.370. The van der Waals surface area contributed by atoms with Crippen molar-refractivity contribution < 1.29 is 19.2 Å². The number of hydrogen-bond acceptors (Lipinski definition) is 6. The Bertz CT molecular complexity index is 1290. The monoisotopic (exact) mass is 500 g/mol. The number of nitrogens with zero attached hydrogens (tertiary/aromatic N) is 2. The summed E-state index contributed by atoms with van der Waals surface area (Å²) < 4.78 is 0. The van der Waals surface area contributed by atoms with E-state index in [1.54, 1.807) is 38.1 Å². The van der Waals surface area contributed by atoms with Crippen molar-refractivity contribution in [3.63, 3.8) is 0 Å². The lowest BCUT2D eigenvalue weighted by molar-refractivity contribution is -0.142. The minimum absolute atomic E-state index is 0.447. The van der Waals surface area contributed by atoms with Gasteiger partial charge in [0.25, 0.3) is 11.8 Å². The maximum Gasteiger partial charge on any atom is 0.251 e. The lowest BCUT2D eigenvalue weighted by Crippen LogP contribution is -2.46. The van der Waals surface area contributed by atoms with Gasteiger partial charge in [-0.3, -0.25) is 19.2 Å². The van der Waals surface area contributed by atoms with Crippen LogP contribution in [-0.4, -0.2) is 23.6 Å². The van der Waals surface area contributed by atoms with Gasteiger partial charge in [-0.15, -0.1) is 0 Å². The van der Waals surface area contributed by atoms with Crippen LogP contribution in [0, 0.1) is 17.3 Å². The van der Waals surface area contributed by atoms with E-state index in [1.165, 1.54) is 0 Å². The van der Waals surface area contributed by atoms with Crippen LogP contribution in [0.1, 0.15) is 61.8 Å². The van der Waals surface area contributed by atoms with Crippen LogP contribution >= 0.6 is 0 Å². The summed E-state index contributed by atoms with van der Waals surface area (Å²) in [5, 5.41) is 0. The molecule has 6 rings (SSSR count). The van der Waals surface area contributed by atoms with Gasteiger partial charge < -0.3 is 11.5 Å². The highest BCUT2D eigenvalue weighted by atomic mass is 16.2. The molecule has 1 spiro atoms. The fourth-order valence-corrected chi connectivity index (χ4v) is 7.18. The lowest BCUT2D eigenvalue weighted by Gasteiger charge is -2.28. The molecule has 4 aliphatic rings. The number of nitrogen functional groups attached to an aromatic ring is 2. The zero-order valence-electron chi connectivity index (χ0n) is 21.3. The summed E-state index contributed by atoms with van der Waals surface area (Å²) in [6, 6.07) is 6.88. The van der Waals surface area contributed by atoms with E-state index in [0.717, 1.165) is 70.6 Å². The molecule has 4 N–H and O–H groups in total. The molecule has 0 bridgehead atoms. The number of anilines is 4. The standard InChI is InChI=1S/C29H32N4O4/c1-15-25(34)32(23-13-11-21(30)17-7-3-5-9-19(17)23)27(36)29(15)16(2)26(35)33(28(29)37)24-14-12-22(31)18-8-4-6-10-20(18)24/h11-16H,3-10,30-31H2,1-2H3/t15-,16?,29?/m0/s1. The zero-order chi connectivity index (χ0) is 26.2. The second-order valence-corrected chi connectivity index (χ2v) is 10.9. The van der Waals surface area contributed by atoms with Crippen molar-refractivity contribution >= 4 is 46.4 Å². The van der Waals surface area contributed by atoms with E-state index in [1.807, 2.05) is 0 Å². The van der Waals surface area contributed by atoms with Crippen molar-refractivity contribution in [2.45, 2.75) is 65.2 Å². The number of benzene rings is 2. The fraction of sp³-hybridized carbons (Fsp3) is 0.448. The summed E-state index contributed by atoms with van der Waals surface area (Å²) in [6.45, 7) is 3.21. The first-order chi connectivity index (χ1) is 17.7. The molecule has 2 aromatic rings. The smallest absolute Gasteiger partial charge is 0.251 e. The van der Waals surface area contributed by atoms with E-state index in [4.69, 9.17) is 11.5 Å². The highest BCUT2D eigenvalue weighted by molar-refractivity contribution is 6.39. The van der Waals surface area contributed by atoms with Gasteiger partial charge in [0.15, 0.2) is 5.41 Å². The lowest BCUT2D eigenvalue weighted by atomic mass is 9.70. The maximum absolute atomic E-state index is 14.3. The topological polar surface area (TPSA) is 127 Å². The van der Waals surface area contributed by atoms with Crippen LogP contribution in [0.2, 0.25) is 0 Å². The van der Waals surface area contributed by atoms with Crippen LogP contribution in [0.4, 0.5) is 22.7 Å². The minimum Gasteiger partial charge on any atom is -0.398 e. The molecule has 8 nitrogen and oxygen atoms in total. The van der Waals surface area contributed by atoms with Crippen LogP contribution in [0.3, 0.4) is 0 Å². The van der Waals surface area contributed by atoms with Gasteiger partial charge in [-0.1, -0.05) is 13.8 Å². The molecule has 0 radical (unpaired) electrons. The normalized spacial score (nSPS) is 27.3. The van der Waals surface area contributed by atoms with Crippen molar-refractivity contribution in [3.05, 3.63) is 46.5 Å². The van der Waals surface area contributed by atoms with E-state index in [9.17, 15) is 19.2 Å². The molecule has 2 aliphatic heterocycles. The van der Waals surface area contributed by atoms with E-state index < -0.39 is 40.9 Å².